The van der Waals surface area contributed by atoms with Gasteiger partial charge in [-0.25, -0.2) is 9.59 Å². The van der Waals surface area contributed by atoms with Crippen molar-refractivity contribution in [3.05, 3.63) is 0 Å². The first-order chi connectivity index (χ1) is 7.83. The Bertz CT molecular complexity index is 347. The third-order valence-electron chi connectivity index (χ3n) is 3.18. The highest BCUT2D eigenvalue weighted by Crippen LogP contribution is 2.48. The van der Waals surface area contributed by atoms with Crippen LogP contribution in [0.5, 0.6) is 0 Å². The summed E-state index contributed by atoms with van der Waals surface area (Å²) < 4.78 is 10.0. The molecule has 0 unspecified atom stereocenters. The number of esters is 1. The van der Waals surface area contributed by atoms with Gasteiger partial charge < -0.3 is 9.47 Å². The minimum Gasteiger partial charge on any atom is -0.467 e. The summed E-state index contributed by atoms with van der Waals surface area (Å²) in [6.07, 6.45) is 1.28. The van der Waals surface area contributed by atoms with E-state index in [1.165, 1.54) is 7.11 Å². The van der Waals surface area contributed by atoms with E-state index in [1.54, 1.807) is 4.90 Å². The summed E-state index contributed by atoms with van der Waals surface area (Å²) in [6.45, 7) is 5.45. The fourth-order valence-corrected chi connectivity index (χ4v) is 2.38. The van der Waals surface area contributed by atoms with Crippen LogP contribution in [0.15, 0.2) is 0 Å². The Morgan fingerprint density at radius 2 is 1.88 bits per heavy atom. The lowest BCUT2D eigenvalue weighted by Gasteiger charge is -2.29. The molecule has 0 N–H and O–H groups in total. The molecule has 1 amide bonds. The SMILES string of the molecule is COC(=O)[C@@H]1C[C@H]2C[C@@H]2N1C(=O)OC(C)(C)C. The molecule has 1 aliphatic carbocycles. The molecule has 96 valence electrons. The predicted octanol–water partition coefficient (Wildman–Crippen LogP) is 1.56. The molecule has 0 spiro atoms. The lowest BCUT2D eigenvalue weighted by molar-refractivity contribution is -0.146. The van der Waals surface area contributed by atoms with Crippen LogP contribution in [0.4, 0.5) is 4.79 Å². The number of carbonyl (C=O) groups is 2. The van der Waals surface area contributed by atoms with Gasteiger partial charge >= 0.3 is 12.1 Å². The Morgan fingerprint density at radius 1 is 1.24 bits per heavy atom. The molecule has 1 heterocycles. The highest BCUT2D eigenvalue weighted by molar-refractivity contribution is 5.83. The Balaban J connectivity index is 2.07. The van der Waals surface area contributed by atoms with Crippen LogP contribution in [0.25, 0.3) is 0 Å². The molecular formula is C12H19NO4. The number of likely N-dealkylation sites (tertiary alicyclic amines) is 1. The second-order valence-corrected chi connectivity index (χ2v) is 5.73. The van der Waals surface area contributed by atoms with Gasteiger partial charge in [-0.15, -0.1) is 0 Å². The summed E-state index contributed by atoms with van der Waals surface area (Å²) in [5, 5.41) is 0. The summed E-state index contributed by atoms with van der Waals surface area (Å²) in [6, 6.07) is -0.285. The number of nitrogens with zero attached hydrogens (tertiary/aromatic N) is 1. The average molecular weight is 241 g/mol. The fraction of sp³-hybridized carbons (Fsp3) is 0.833. The van der Waals surface area contributed by atoms with Gasteiger partial charge in [0, 0.05) is 6.04 Å². The predicted molar refractivity (Wildman–Crippen MR) is 60.4 cm³/mol. The first kappa shape index (κ1) is 12.2. The molecule has 0 radical (unpaired) electrons. The lowest BCUT2D eigenvalue weighted by atomic mass is 10.2. The van der Waals surface area contributed by atoms with Crippen molar-refractivity contribution in [2.24, 2.45) is 5.92 Å². The molecule has 0 bridgehead atoms. The molecule has 2 aliphatic rings. The van der Waals surface area contributed by atoms with Crippen molar-refractivity contribution in [3.63, 3.8) is 0 Å². The Hall–Kier alpha value is -1.26. The Morgan fingerprint density at radius 3 is 2.41 bits per heavy atom. The molecule has 2 rings (SSSR count). The number of fused-ring (bicyclic) bond motifs is 1. The smallest absolute Gasteiger partial charge is 0.411 e. The molecule has 2 fully saturated rings. The van der Waals surface area contributed by atoms with E-state index in [9.17, 15) is 9.59 Å². The molecule has 1 saturated carbocycles. The monoisotopic (exact) mass is 241 g/mol. The van der Waals surface area contributed by atoms with Crippen molar-refractivity contribution in [1.82, 2.24) is 4.90 Å². The first-order valence-electron chi connectivity index (χ1n) is 5.92. The van der Waals surface area contributed by atoms with Gasteiger partial charge in [0.1, 0.15) is 11.6 Å². The number of rotatable bonds is 1. The number of methoxy groups -OCH3 is 1. The summed E-state index contributed by atoms with van der Waals surface area (Å²) in [5.41, 5.74) is -0.537. The second-order valence-electron chi connectivity index (χ2n) is 5.73. The van der Waals surface area contributed by atoms with Crippen LogP contribution in [0.3, 0.4) is 0 Å². The minimum atomic E-state index is -0.537. The van der Waals surface area contributed by atoms with Gasteiger partial charge in [-0.05, 0) is 39.5 Å². The van der Waals surface area contributed by atoms with Crippen molar-refractivity contribution >= 4 is 12.1 Å². The highest BCUT2D eigenvalue weighted by Gasteiger charge is 2.57. The lowest BCUT2D eigenvalue weighted by Crippen LogP contribution is -2.46. The normalized spacial score (nSPS) is 30.8. The topological polar surface area (TPSA) is 55.8 Å². The van der Waals surface area contributed by atoms with Gasteiger partial charge in [-0.1, -0.05) is 0 Å². The van der Waals surface area contributed by atoms with Crippen LogP contribution in [-0.4, -0.2) is 41.8 Å². The average Bonchev–Trinajstić information content (AvgIpc) is 2.85. The van der Waals surface area contributed by atoms with Gasteiger partial charge in [-0.3, -0.25) is 4.90 Å². The number of piperidine rings is 1. The van der Waals surface area contributed by atoms with Crippen LogP contribution >= 0.6 is 0 Å². The maximum absolute atomic E-state index is 12.0. The fourth-order valence-electron chi connectivity index (χ4n) is 2.38. The van der Waals surface area contributed by atoms with E-state index in [1.807, 2.05) is 20.8 Å². The zero-order valence-corrected chi connectivity index (χ0v) is 10.7. The van der Waals surface area contributed by atoms with Crippen LogP contribution in [0.1, 0.15) is 33.6 Å². The van der Waals surface area contributed by atoms with E-state index in [0.29, 0.717) is 12.3 Å². The van der Waals surface area contributed by atoms with Gasteiger partial charge in [0.2, 0.25) is 0 Å². The number of amides is 1. The van der Waals surface area contributed by atoms with E-state index in [2.05, 4.69) is 0 Å². The number of hydrogen-bond acceptors (Lipinski definition) is 4. The number of carbonyl (C=O) groups excluding carboxylic acids is 2. The van der Waals surface area contributed by atoms with Gasteiger partial charge in [0.15, 0.2) is 0 Å². The molecule has 5 heteroatoms. The van der Waals surface area contributed by atoms with E-state index in [-0.39, 0.29) is 12.0 Å². The molecule has 3 atom stereocenters. The first-order valence-corrected chi connectivity index (χ1v) is 5.92. The summed E-state index contributed by atoms with van der Waals surface area (Å²) in [4.78, 5) is 25.2. The van der Waals surface area contributed by atoms with E-state index in [4.69, 9.17) is 9.47 Å². The quantitative estimate of drug-likeness (QED) is 0.654. The molecule has 0 aromatic heterocycles. The van der Waals surface area contributed by atoms with E-state index in [0.717, 1.165) is 6.42 Å². The molecule has 1 saturated heterocycles. The zero-order chi connectivity index (χ0) is 12.8. The van der Waals surface area contributed by atoms with Crippen molar-refractivity contribution < 1.29 is 19.1 Å². The summed E-state index contributed by atoms with van der Waals surface area (Å²) in [7, 11) is 1.35. The maximum atomic E-state index is 12.0. The molecular weight excluding hydrogens is 222 g/mol. The van der Waals surface area contributed by atoms with Gasteiger partial charge in [-0.2, -0.15) is 0 Å². The maximum Gasteiger partial charge on any atom is 0.411 e. The third kappa shape index (κ3) is 2.37. The zero-order valence-electron chi connectivity index (χ0n) is 10.7. The van der Waals surface area contributed by atoms with Crippen molar-refractivity contribution in [3.8, 4) is 0 Å². The number of ether oxygens (including phenoxy) is 2. The molecule has 0 aromatic rings. The highest BCUT2D eigenvalue weighted by atomic mass is 16.6. The van der Waals surface area contributed by atoms with Crippen LogP contribution < -0.4 is 0 Å². The Labute approximate surface area is 101 Å². The number of hydrogen-bond donors (Lipinski definition) is 0. The second kappa shape index (κ2) is 3.89. The molecule has 5 nitrogen and oxygen atoms in total. The van der Waals surface area contributed by atoms with Crippen LogP contribution in [0.2, 0.25) is 0 Å². The van der Waals surface area contributed by atoms with Crippen molar-refractivity contribution in [2.75, 3.05) is 7.11 Å². The van der Waals surface area contributed by atoms with Crippen LogP contribution in [0, 0.1) is 5.92 Å². The van der Waals surface area contributed by atoms with E-state index < -0.39 is 17.7 Å². The minimum absolute atomic E-state index is 0.175. The third-order valence-corrected chi connectivity index (χ3v) is 3.18. The molecule has 1 aliphatic heterocycles. The van der Waals surface area contributed by atoms with Gasteiger partial charge in [0.05, 0.1) is 7.11 Å². The molecule has 0 aromatic carbocycles. The van der Waals surface area contributed by atoms with Gasteiger partial charge in [0.25, 0.3) is 0 Å². The summed E-state index contributed by atoms with van der Waals surface area (Å²) >= 11 is 0. The summed E-state index contributed by atoms with van der Waals surface area (Å²) in [5.74, 6) is 0.106. The van der Waals surface area contributed by atoms with Crippen molar-refractivity contribution in [1.29, 1.82) is 0 Å². The largest absolute Gasteiger partial charge is 0.467 e. The van der Waals surface area contributed by atoms with Crippen LogP contribution in [-0.2, 0) is 14.3 Å². The van der Waals surface area contributed by atoms with Crippen molar-refractivity contribution in [2.45, 2.75) is 51.3 Å². The van der Waals surface area contributed by atoms with E-state index >= 15 is 0 Å². The molecule has 17 heavy (non-hydrogen) atoms. The Kier molecular flexibility index (Phi) is 2.79. The standard InChI is InChI=1S/C12H19NO4/c1-12(2,3)17-11(15)13-8-5-7(8)6-9(13)10(14)16-4/h7-9H,5-6H2,1-4H3/t7-,8+,9+/m1/s1.